The van der Waals surface area contributed by atoms with Gasteiger partial charge in [-0.1, -0.05) is 0 Å². The molecule has 80 valence electrons. The van der Waals surface area contributed by atoms with Crippen molar-refractivity contribution in [1.29, 1.82) is 0 Å². The summed E-state index contributed by atoms with van der Waals surface area (Å²) in [5, 5.41) is 18.0. The second-order valence-electron chi connectivity index (χ2n) is 2.81. The van der Waals surface area contributed by atoms with Crippen LogP contribution in [0.5, 0.6) is 5.75 Å². The van der Waals surface area contributed by atoms with Crippen LogP contribution in [0.4, 0.5) is 5.69 Å². The molecule has 0 aromatic heterocycles. The van der Waals surface area contributed by atoms with Crippen LogP contribution in [0.25, 0.3) is 0 Å². The molecule has 0 saturated carbocycles. The maximum Gasteiger partial charge on any atom is 0.339 e. The third kappa shape index (κ3) is 2.58. The van der Waals surface area contributed by atoms with Gasteiger partial charge in [0.2, 0.25) is 5.91 Å². The highest BCUT2D eigenvalue weighted by atomic mass is 127. The quantitative estimate of drug-likeness (QED) is 0.643. The van der Waals surface area contributed by atoms with Gasteiger partial charge in [0.05, 0.1) is 28.6 Å². The van der Waals surface area contributed by atoms with Crippen LogP contribution in [0.15, 0.2) is 18.2 Å². The van der Waals surface area contributed by atoms with Gasteiger partial charge in [-0.05, 0) is 12.1 Å². The van der Waals surface area contributed by atoms with Gasteiger partial charge >= 0.3 is 5.97 Å². The van der Waals surface area contributed by atoms with Crippen molar-refractivity contribution in [3.8, 4) is 5.75 Å². The van der Waals surface area contributed by atoms with Crippen LogP contribution in [-0.2, 0) is 4.79 Å². The van der Waals surface area contributed by atoms with Crippen molar-refractivity contribution in [3.63, 3.8) is 0 Å². The average molecular weight is 321 g/mol. The van der Waals surface area contributed by atoms with E-state index in [1.807, 2.05) is 0 Å². The molecule has 1 aromatic carbocycles. The molecule has 0 radical (unpaired) electrons. The van der Waals surface area contributed by atoms with Crippen molar-refractivity contribution in [1.82, 2.24) is 0 Å². The molecule has 1 aromatic rings. The van der Waals surface area contributed by atoms with E-state index in [2.05, 4.69) is 0 Å². The zero-order chi connectivity index (χ0) is 11.6. The fourth-order valence-electron chi connectivity index (χ4n) is 1.00. The third-order valence-electron chi connectivity index (χ3n) is 1.71. The van der Waals surface area contributed by atoms with Crippen LogP contribution in [-0.4, -0.2) is 22.1 Å². The molecule has 0 spiro atoms. The van der Waals surface area contributed by atoms with Gasteiger partial charge < -0.3 is 10.2 Å². The molecule has 0 heterocycles. The zero-order valence-corrected chi connectivity index (χ0v) is 9.93. The van der Waals surface area contributed by atoms with Crippen molar-refractivity contribution < 1.29 is 19.8 Å². The normalized spacial score (nSPS) is 9.73. The largest absolute Gasteiger partial charge is 0.507 e. The second kappa shape index (κ2) is 4.47. The minimum atomic E-state index is -1.21. The molecule has 1 amide bonds. The summed E-state index contributed by atoms with van der Waals surface area (Å²) >= 11 is 1.77. The summed E-state index contributed by atoms with van der Waals surface area (Å²) in [6.45, 7) is 1.37. The van der Waals surface area contributed by atoms with Gasteiger partial charge in [0.1, 0.15) is 11.3 Å². The van der Waals surface area contributed by atoms with Crippen LogP contribution in [0, 0.1) is 0 Å². The monoisotopic (exact) mass is 321 g/mol. The molecule has 0 atom stereocenters. The zero-order valence-electron chi connectivity index (χ0n) is 7.77. The molecular weight excluding hydrogens is 313 g/mol. The molecule has 1 rings (SSSR count). The molecule has 0 aliphatic carbocycles. The molecular formula is C9H8INO4. The second-order valence-corrected chi connectivity index (χ2v) is 3.77. The standard InChI is InChI=1S/C9H8INO4/c1-5(12)11(10)6-2-3-7(9(14)15)8(13)4-6/h2-4,13H,1H3,(H,14,15). The molecule has 0 saturated heterocycles. The molecule has 2 N–H and O–H groups in total. The Kier molecular flexibility index (Phi) is 3.51. The molecule has 6 heteroatoms. The minimum absolute atomic E-state index is 0.188. The number of carboxylic acids is 1. The van der Waals surface area contributed by atoms with Crippen LogP contribution < -0.4 is 3.11 Å². The fourth-order valence-corrected chi connectivity index (χ4v) is 1.30. The number of benzene rings is 1. The maximum atomic E-state index is 11.0. The predicted octanol–water partition coefficient (Wildman–Crippen LogP) is 1.79. The topological polar surface area (TPSA) is 77.8 Å². The lowest BCUT2D eigenvalue weighted by atomic mass is 10.2. The summed E-state index contributed by atoms with van der Waals surface area (Å²) in [7, 11) is 0. The van der Waals surface area contributed by atoms with E-state index in [1.54, 1.807) is 22.9 Å². The SMILES string of the molecule is CC(=O)N(I)c1ccc(C(=O)O)c(O)c1. The van der Waals surface area contributed by atoms with Gasteiger partial charge in [0.15, 0.2) is 0 Å². The first kappa shape index (κ1) is 11.8. The summed E-state index contributed by atoms with van der Waals surface area (Å²) in [5.41, 5.74) is 0.248. The van der Waals surface area contributed by atoms with Crippen LogP contribution in [0.2, 0.25) is 0 Å². The number of anilines is 1. The van der Waals surface area contributed by atoms with E-state index in [4.69, 9.17) is 5.11 Å². The van der Waals surface area contributed by atoms with Crippen molar-refractivity contribution in [2.75, 3.05) is 3.11 Å². The van der Waals surface area contributed by atoms with Gasteiger partial charge in [0, 0.05) is 13.0 Å². The molecule has 0 aliphatic rings. The van der Waals surface area contributed by atoms with Crippen molar-refractivity contribution in [2.45, 2.75) is 6.92 Å². The Bertz CT molecular complexity index is 419. The van der Waals surface area contributed by atoms with Gasteiger partial charge in [-0.25, -0.2) is 4.79 Å². The third-order valence-corrected chi connectivity index (χ3v) is 2.95. The van der Waals surface area contributed by atoms with E-state index >= 15 is 0 Å². The highest BCUT2D eigenvalue weighted by Crippen LogP contribution is 2.26. The van der Waals surface area contributed by atoms with E-state index < -0.39 is 5.97 Å². The lowest BCUT2D eigenvalue weighted by molar-refractivity contribution is -0.115. The van der Waals surface area contributed by atoms with Crippen molar-refractivity contribution >= 4 is 40.4 Å². The maximum absolute atomic E-state index is 11.0. The number of rotatable bonds is 2. The van der Waals surface area contributed by atoms with Crippen molar-refractivity contribution in [2.24, 2.45) is 0 Å². The Morgan fingerprint density at radius 3 is 2.40 bits per heavy atom. The number of nitrogens with zero attached hydrogens (tertiary/aromatic N) is 1. The van der Waals surface area contributed by atoms with Gasteiger partial charge in [-0.2, -0.15) is 0 Å². The van der Waals surface area contributed by atoms with E-state index in [-0.39, 0.29) is 17.2 Å². The number of carboxylic acid groups (broad SMARTS) is 1. The number of phenols is 1. The van der Waals surface area contributed by atoms with Crippen LogP contribution >= 0.6 is 22.9 Å². The van der Waals surface area contributed by atoms with Crippen molar-refractivity contribution in [3.05, 3.63) is 23.8 Å². The molecule has 5 nitrogen and oxygen atoms in total. The molecule has 0 unspecified atom stereocenters. The van der Waals surface area contributed by atoms with E-state index in [9.17, 15) is 14.7 Å². The number of halogens is 1. The van der Waals surface area contributed by atoms with Gasteiger partial charge in [0.25, 0.3) is 0 Å². The van der Waals surface area contributed by atoms with Crippen LogP contribution in [0.1, 0.15) is 17.3 Å². The summed E-state index contributed by atoms with van der Waals surface area (Å²) in [6.07, 6.45) is 0. The average Bonchev–Trinajstić information content (AvgIpc) is 2.15. The number of hydrogen-bond acceptors (Lipinski definition) is 3. The summed E-state index contributed by atoms with van der Waals surface area (Å²) in [4.78, 5) is 21.6. The lowest BCUT2D eigenvalue weighted by Gasteiger charge is -2.12. The highest BCUT2D eigenvalue weighted by Gasteiger charge is 2.13. The number of aromatic carboxylic acids is 1. The predicted molar refractivity (Wildman–Crippen MR) is 62.2 cm³/mol. The Balaban J connectivity index is 3.12. The summed E-state index contributed by atoms with van der Waals surface area (Å²) in [5.74, 6) is -1.78. The number of carbonyl (C=O) groups excluding carboxylic acids is 1. The first-order chi connectivity index (χ1) is 6.93. The fraction of sp³-hybridized carbons (Fsp3) is 0.111. The first-order valence-electron chi connectivity index (χ1n) is 3.96. The van der Waals surface area contributed by atoms with E-state index in [0.29, 0.717) is 5.69 Å². The Morgan fingerprint density at radius 1 is 1.40 bits per heavy atom. The van der Waals surface area contributed by atoms with E-state index in [0.717, 1.165) is 0 Å². The molecule has 0 fully saturated rings. The summed E-state index contributed by atoms with van der Waals surface area (Å²) < 4.78 is 1.28. The van der Waals surface area contributed by atoms with Crippen LogP contribution in [0.3, 0.4) is 0 Å². The molecule has 0 aliphatic heterocycles. The number of carbonyl (C=O) groups is 2. The Hall–Kier alpha value is -1.31. The Morgan fingerprint density at radius 2 is 2.00 bits per heavy atom. The lowest BCUT2D eigenvalue weighted by Crippen LogP contribution is -2.15. The minimum Gasteiger partial charge on any atom is -0.507 e. The summed E-state index contributed by atoms with van der Waals surface area (Å²) in [6, 6.07) is 3.94. The number of hydrogen-bond donors (Lipinski definition) is 2. The smallest absolute Gasteiger partial charge is 0.339 e. The Labute approximate surface area is 99.8 Å². The van der Waals surface area contributed by atoms with E-state index in [1.165, 1.54) is 28.2 Å². The van der Waals surface area contributed by atoms with Gasteiger partial charge in [-0.15, -0.1) is 0 Å². The molecule has 0 bridgehead atoms. The first-order valence-corrected chi connectivity index (χ1v) is 4.92. The number of amides is 1. The molecule has 15 heavy (non-hydrogen) atoms. The van der Waals surface area contributed by atoms with Gasteiger partial charge in [-0.3, -0.25) is 7.91 Å². The highest BCUT2D eigenvalue weighted by molar-refractivity contribution is 14.1. The number of aromatic hydroxyl groups is 1.